The van der Waals surface area contributed by atoms with Gasteiger partial charge in [-0.1, -0.05) is 42.4 Å². The van der Waals surface area contributed by atoms with Crippen LogP contribution in [-0.4, -0.2) is 17.8 Å². The van der Waals surface area contributed by atoms with E-state index in [1.54, 1.807) is 24.3 Å². The highest BCUT2D eigenvalue weighted by Crippen LogP contribution is 2.53. The second-order valence-electron chi connectivity index (χ2n) is 9.88. The van der Waals surface area contributed by atoms with Crippen molar-refractivity contribution in [2.45, 2.75) is 38.5 Å². The fourth-order valence-electron chi connectivity index (χ4n) is 6.09. The number of ether oxygens (including phenoxy) is 1. The van der Waals surface area contributed by atoms with Crippen molar-refractivity contribution in [2.75, 3.05) is 4.90 Å². The third-order valence-electron chi connectivity index (χ3n) is 7.79. The lowest BCUT2D eigenvalue weighted by Gasteiger charge is -2.17. The first-order chi connectivity index (χ1) is 16.6. The van der Waals surface area contributed by atoms with E-state index in [4.69, 9.17) is 4.74 Å². The van der Waals surface area contributed by atoms with E-state index >= 15 is 0 Å². The van der Waals surface area contributed by atoms with Crippen molar-refractivity contribution in [3.63, 3.8) is 0 Å². The van der Waals surface area contributed by atoms with E-state index in [1.165, 1.54) is 42.6 Å². The first-order valence-electron chi connectivity index (χ1n) is 12.3. The molecule has 1 heterocycles. The van der Waals surface area contributed by atoms with Crippen LogP contribution in [0.15, 0.2) is 66.3 Å². The van der Waals surface area contributed by atoms with Crippen LogP contribution in [0.2, 0.25) is 0 Å². The van der Waals surface area contributed by atoms with Crippen molar-refractivity contribution >= 4 is 29.5 Å². The monoisotopic (exact) mass is 453 g/mol. The SMILES string of the molecule is O=C(Oc1ccc(C=C2CCCCC2)cc1)c1ccc(N2C(=O)[C@@H]3[C@H](C2=O)[C@@H]2C=C[C@H]3C2)cc1. The molecule has 1 saturated heterocycles. The Bertz CT molecular complexity index is 1170. The zero-order valence-electron chi connectivity index (χ0n) is 19.0. The number of esters is 1. The molecule has 3 aliphatic carbocycles. The van der Waals surface area contributed by atoms with Gasteiger partial charge in [-0.15, -0.1) is 0 Å². The molecule has 2 bridgehead atoms. The summed E-state index contributed by atoms with van der Waals surface area (Å²) in [6.07, 6.45) is 13.5. The maximum Gasteiger partial charge on any atom is 0.343 e. The second-order valence-corrected chi connectivity index (χ2v) is 9.88. The van der Waals surface area contributed by atoms with E-state index < -0.39 is 5.97 Å². The third kappa shape index (κ3) is 3.60. The van der Waals surface area contributed by atoms with Gasteiger partial charge in [0.2, 0.25) is 11.8 Å². The van der Waals surface area contributed by atoms with Crippen LogP contribution >= 0.6 is 0 Å². The van der Waals surface area contributed by atoms with Gasteiger partial charge < -0.3 is 4.74 Å². The number of allylic oxidation sites excluding steroid dienone is 3. The molecular weight excluding hydrogens is 426 g/mol. The smallest absolute Gasteiger partial charge is 0.343 e. The minimum absolute atomic E-state index is 0.120. The highest BCUT2D eigenvalue weighted by atomic mass is 16.5. The Hall–Kier alpha value is -3.47. The Morgan fingerprint density at radius 1 is 0.824 bits per heavy atom. The van der Waals surface area contributed by atoms with Crippen LogP contribution in [0.4, 0.5) is 5.69 Å². The van der Waals surface area contributed by atoms with Crippen molar-refractivity contribution < 1.29 is 19.1 Å². The Morgan fingerprint density at radius 2 is 1.44 bits per heavy atom. The number of carbonyl (C=O) groups excluding carboxylic acids is 3. The van der Waals surface area contributed by atoms with Crippen LogP contribution in [0.25, 0.3) is 6.08 Å². The molecule has 0 aromatic heterocycles. The van der Waals surface area contributed by atoms with E-state index in [2.05, 4.69) is 18.2 Å². The summed E-state index contributed by atoms with van der Waals surface area (Å²) in [6, 6.07) is 14.1. The van der Waals surface area contributed by atoms with E-state index in [0.29, 0.717) is 17.0 Å². The highest BCUT2D eigenvalue weighted by Gasteiger charge is 2.59. The number of rotatable bonds is 4. The average Bonchev–Trinajstić information content (AvgIpc) is 3.55. The average molecular weight is 454 g/mol. The number of hydrogen-bond acceptors (Lipinski definition) is 4. The number of fused-ring (bicyclic) bond motifs is 5. The van der Waals surface area contributed by atoms with E-state index in [1.807, 2.05) is 24.3 Å². The molecule has 5 nitrogen and oxygen atoms in total. The summed E-state index contributed by atoms with van der Waals surface area (Å²) >= 11 is 0. The Labute approximate surface area is 199 Å². The van der Waals surface area contributed by atoms with Gasteiger partial charge in [-0.2, -0.15) is 0 Å². The van der Waals surface area contributed by atoms with Gasteiger partial charge in [0.15, 0.2) is 0 Å². The lowest BCUT2D eigenvalue weighted by atomic mass is 9.85. The molecule has 4 aliphatic rings. The predicted molar refractivity (Wildman–Crippen MR) is 129 cm³/mol. The largest absolute Gasteiger partial charge is 0.423 e. The molecule has 2 amide bonds. The summed E-state index contributed by atoms with van der Waals surface area (Å²) in [5, 5.41) is 0. The minimum Gasteiger partial charge on any atom is -0.423 e. The van der Waals surface area contributed by atoms with Gasteiger partial charge in [0.1, 0.15) is 5.75 Å². The Morgan fingerprint density at radius 3 is 2.06 bits per heavy atom. The van der Waals surface area contributed by atoms with Gasteiger partial charge in [-0.25, -0.2) is 4.79 Å². The summed E-state index contributed by atoms with van der Waals surface area (Å²) in [7, 11) is 0. The fraction of sp³-hybridized carbons (Fsp3) is 0.345. The predicted octanol–water partition coefficient (Wildman–Crippen LogP) is 5.56. The highest BCUT2D eigenvalue weighted by molar-refractivity contribution is 6.22. The van der Waals surface area contributed by atoms with Crippen LogP contribution < -0.4 is 9.64 Å². The van der Waals surface area contributed by atoms with Gasteiger partial charge in [0.05, 0.1) is 23.1 Å². The molecule has 0 N–H and O–H groups in total. The molecule has 6 rings (SSSR count). The number of amides is 2. The summed E-state index contributed by atoms with van der Waals surface area (Å²) in [4.78, 5) is 39.9. The quantitative estimate of drug-likeness (QED) is 0.263. The third-order valence-corrected chi connectivity index (χ3v) is 7.79. The number of imide groups is 1. The normalized spacial score (nSPS) is 27.3. The van der Waals surface area contributed by atoms with Crippen molar-refractivity contribution in [3.8, 4) is 5.75 Å². The summed E-state index contributed by atoms with van der Waals surface area (Å²) < 4.78 is 5.53. The molecule has 4 atom stereocenters. The maximum atomic E-state index is 13.0. The number of anilines is 1. The first-order valence-corrected chi connectivity index (χ1v) is 12.3. The molecule has 5 heteroatoms. The molecule has 2 aromatic rings. The number of hydrogen-bond donors (Lipinski definition) is 0. The molecule has 0 radical (unpaired) electrons. The maximum absolute atomic E-state index is 13.0. The molecule has 2 saturated carbocycles. The molecule has 172 valence electrons. The van der Waals surface area contributed by atoms with E-state index in [0.717, 1.165) is 12.0 Å². The number of benzene rings is 2. The Kier molecular flexibility index (Phi) is 5.20. The first kappa shape index (κ1) is 21.1. The molecule has 0 unspecified atom stereocenters. The van der Waals surface area contributed by atoms with E-state index in [9.17, 15) is 14.4 Å². The van der Waals surface area contributed by atoms with Crippen LogP contribution in [0.3, 0.4) is 0 Å². The van der Waals surface area contributed by atoms with Crippen LogP contribution in [0.1, 0.15) is 54.4 Å². The molecule has 0 spiro atoms. The number of nitrogens with zero attached hydrogens (tertiary/aromatic N) is 1. The standard InChI is InChI=1S/C29H27NO4/c31-27-25-21-8-9-22(17-21)26(25)28(32)30(27)23-12-10-20(11-13-23)29(33)34-24-14-6-19(7-15-24)16-18-4-2-1-3-5-18/h6-16,21-22,25-26H,1-5,17H2/t21-,22+,25-,26+. The van der Waals surface area contributed by atoms with Gasteiger partial charge in [0, 0.05) is 0 Å². The minimum atomic E-state index is -0.469. The summed E-state index contributed by atoms with van der Waals surface area (Å²) in [5.74, 6) is -0.334. The zero-order chi connectivity index (χ0) is 23.2. The van der Waals surface area contributed by atoms with Gasteiger partial charge in [-0.05, 0) is 85.9 Å². The lowest BCUT2D eigenvalue weighted by molar-refractivity contribution is -0.123. The molecule has 1 aliphatic heterocycles. The van der Waals surface area contributed by atoms with E-state index in [-0.39, 0.29) is 35.5 Å². The van der Waals surface area contributed by atoms with Crippen molar-refractivity contribution in [1.82, 2.24) is 0 Å². The molecular formula is C29H27NO4. The van der Waals surface area contributed by atoms with Crippen molar-refractivity contribution in [3.05, 3.63) is 77.4 Å². The topological polar surface area (TPSA) is 63.7 Å². The van der Waals surface area contributed by atoms with Gasteiger partial charge >= 0.3 is 5.97 Å². The van der Waals surface area contributed by atoms with Gasteiger partial charge in [-0.3, -0.25) is 14.5 Å². The zero-order valence-corrected chi connectivity index (χ0v) is 19.0. The van der Waals surface area contributed by atoms with Crippen molar-refractivity contribution in [2.24, 2.45) is 23.7 Å². The Balaban J connectivity index is 1.12. The summed E-state index contributed by atoms with van der Waals surface area (Å²) in [6.45, 7) is 0. The van der Waals surface area contributed by atoms with Gasteiger partial charge in [0.25, 0.3) is 0 Å². The molecule has 34 heavy (non-hydrogen) atoms. The lowest BCUT2D eigenvalue weighted by Crippen LogP contribution is -2.32. The molecule has 2 aromatic carbocycles. The fourth-order valence-corrected chi connectivity index (χ4v) is 6.09. The second kappa shape index (κ2) is 8.39. The molecule has 3 fully saturated rings. The van der Waals surface area contributed by atoms with Crippen molar-refractivity contribution in [1.29, 1.82) is 0 Å². The van der Waals surface area contributed by atoms with Crippen LogP contribution in [-0.2, 0) is 9.59 Å². The van der Waals surface area contributed by atoms with Crippen LogP contribution in [0.5, 0.6) is 5.75 Å². The van der Waals surface area contributed by atoms with Crippen LogP contribution in [0, 0.1) is 23.7 Å². The number of carbonyl (C=O) groups is 3. The summed E-state index contributed by atoms with van der Waals surface area (Å²) in [5.41, 5.74) is 3.49.